The van der Waals surface area contributed by atoms with Gasteiger partial charge in [-0.3, -0.25) is 0 Å². The second-order valence-electron chi connectivity index (χ2n) is 4.29. The molecule has 0 aromatic carbocycles. The second kappa shape index (κ2) is 4.89. The van der Waals surface area contributed by atoms with Gasteiger partial charge in [-0.05, 0) is 26.1 Å². The molecule has 5 heteroatoms. The van der Waals surface area contributed by atoms with Crippen LogP contribution in [0.15, 0.2) is 18.3 Å². The Morgan fingerprint density at radius 2 is 2.44 bits per heavy atom. The van der Waals surface area contributed by atoms with E-state index < -0.39 is 0 Å². The van der Waals surface area contributed by atoms with E-state index in [2.05, 4.69) is 22.2 Å². The SMILES string of the molecule is CN1CCC(Nc2ccnc(N)c2)C(Cl)C1. The summed E-state index contributed by atoms with van der Waals surface area (Å²) in [5.41, 5.74) is 6.62. The molecule has 88 valence electrons. The summed E-state index contributed by atoms with van der Waals surface area (Å²) in [6, 6.07) is 4.06. The maximum Gasteiger partial charge on any atom is 0.125 e. The number of pyridine rings is 1. The fourth-order valence-corrected chi connectivity index (χ4v) is 2.40. The number of alkyl halides is 1. The number of aromatic nitrogens is 1. The third kappa shape index (κ3) is 2.77. The van der Waals surface area contributed by atoms with Gasteiger partial charge in [-0.15, -0.1) is 11.6 Å². The Bertz CT molecular complexity index is 358. The van der Waals surface area contributed by atoms with Crippen LogP contribution in [0.1, 0.15) is 6.42 Å². The van der Waals surface area contributed by atoms with Crippen LogP contribution in [0.3, 0.4) is 0 Å². The molecular weight excluding hydrogens is 224 g/mol. The topological polar surface area (TPSA) is 54.2 Å². The molecule has 2 rings (SSSR count). The Balaban J connectivity index is 1.99. The van der Waals surface area contributed by atoms with Crippen molar-refractivity contribution in [1.29, 1.82) is 0 Å². The quantitative estimate of drug-likeness (QED) is 0.768. The van der Waals surface area contributed by atoms with Gasteiger partial charge in [0.05, 0.1) is 5.38 Å². The molecule has 4 nitrogen and oxygen atoms in total. The van der Waals surface area contributed by atoms with Gasteiger partial charge in [-0.2, -0.15) is 0 Å². The number of halogens is 1. The van der Waals surface area contributed by atoms with Crippen LogP contribution >= 0.6 is 11.6 Å². The number of nitrogen functional groups attached to an aromatic ring is 1. The highest BCUT2D eigenvalue weighted by atomic mass is 35.5. The van der Waals surface area contributed by atoms with Gasteiger partial charge >= 0.3 is 0 Å². The number of nitrogens with one attached hydrogen (secondary N) is 1. The number of rotatable bonds is 2. The molecule has 3 N–H and O–H groups in total. The predicted octanol–water partition coefficient (Wildman–Crippen LogP) is 1.39. The van der Waals surface area contributed by atoms with E-state index in [1.54, 1.807) is 6.20 Å². The number of hydrogen-bond acceptors (Lipinski definition) is 4. The first-order valence-electron chi connectivity index (χ1n) is 5.46. The highest BCUT2D eigenvalue weighted by Gasteiger charge is 2.25. The van der Waals surface area contributed by atoms with Crippen molar-refractivity contribution < 1.29 is 0 Å². The molecule has 0 amide bonds. The smallest absolute Gasteiger partial charge is 0.125 e. The van der Waals surface area contributed by atoms with Crippen LogP contribution in [-0.2, 0) is 0 Å². The van der Waals surface area contributed by atoms with Crippen molar-refractivity contribution in [3.63, 3.8) is 0 Å². The zero-order valence-corrected chi connectivity index (χ0v) is 10.1. The summed E-state index contributed by atoms with van der Waals surface area (Å²) in [7, 11) is 2.09. The Morgan fingerprint density at radius 1 is 1.62 bits per heavy atom. The average molecular weight is 241 g/mol. The summed E-state index contributed by atoms with van der Waals surface area (Å²) in [6.07, 6.45) is 2.75. The van der Waals surface area contributed by atoms with Crippen molar-refractivity contribution in [1.82, 2.24) is 9.88 Å². The molecule has 0 bridgehead atoms. The van der Waals surface area contributed by atoms with Crippen LogP contribution in [0.25, 0.3) is 0 Å². The predicted molar refractivity (Wildman–Crippen MR) is 67.8 cm³/mol. The minimum Gasteiger partial charge on any atom is -0.384 e. The van der Waals surface area contributed by atoms with Crippen molar-refractivity contribution >= 4 is 23.1 Å². The largest absolute Gasteiger partial charge is 0.384 e. The molecule has 0 aliphatic carbocycles. The molecule has 1 aliphatic heterocycles. The molecule has 1 aromatic rings. The molecule has 2 atom stereocenters. The van der Waals surface area contributed by atoms with Crippen molar-refractivity contribution in [3.05, 3.63) is 18.3 Å². The van der Waals surface area contributed by atoms with Gasteiger partial charge in [0.15, 0.2) is 0 Å². The van der Waals surface area contributed by atoms with Gasteiger partial charge in [0.25, 0.3) is 0 Å². The van der Waals surface area contributed by atoms with E-state index in [1.807, 2.05) is 12.1 Å². The molecule has 0 saturated carbocycles. The number of likely N-dealkylation sites (tertiary alicyclic amines) is 1. The first-order chi connectivity index (χ1) is 7.65. The second-order valence-corrected chi connectivity index (χ2v) is 4.85. The Kier molecular flexibility index (Phi) is 3.51. The third-order valence-corrected chi connectivity index (χ3v) is 3.32. The highest BCUT2D eigenvalue weighted by molar-refractivity contribution is 6.21. The van der Waals surface area contributed by atoms with Crippen LogP contribution in [0, 0.1) is 0 Å². The minimum absolute atomic E-state index is 0.133. The molecular formula is C11H17ClN4. The van der Waals surface area contributed by atoms with Crippen molar-refractivity contribution in [3.8, 4) is 0 Å². The summed E-state index contributed by atoms with van der Waals surface area (Å²) >= 11 is 6.32. The zero-order valence-electron chi connectivity index (χ0n) is 9.36. The molecule has 1 aliphatic rings. The minimum atomic E-state index is 0.133. The van der Waals surface area contributed by atoms with Crippen LogP contribution in [-0.4, -0.2) is 41.4 Å². The molecule has 0 spiro atoms. The first kappa shape index (κ1) is 11.5. The summed E-state index contributed by atoms with van der Waals surface area (Å²) < 4.78 is 0. The fourth-order valence-electron chi connectivity index (χ4n) is 1.97. The zero-order chi connectivity index (χ0) is 11.5. The molecule has 2 unspecified atom stereocenters. The van der Waals surface area contributed by atoms with Gasteiger partial charge in [0.2, 0.25) is 0 Å². The average Bonchev–Trinajstić information content (AvgIpc) is 2.22. The van der Waals surface area contributed by atoms with Gasteiger partial charge in [-0.25, -0.2) is 4.98 Å². The lowest BCUT2D eigenvalue weighted by Gasteiger charge is -2.34. The van der Waals surface area contributed by atoms with Crippen LogP contribution in [0.2, 0.25) is 0 Å². The number of nitrogens with zero attached hydrogens (tertiary/aromatic N) is 2. The van der Waals surface area contributed by atoms with E-state index in [0.29, 0.717) is 11.9 Å². The van der Waals surface area contributed by atoms with E-state index in [4.69, 9.17) is 17.3 Å². The first-order valence-corrected chi connectivity index (χ1v) is 5.89. The fraction of sp³-hybridized carbons (Fsp3) is 0.545. The summed E-state index contributed by atoms with van der Waals surface area (Å²) in [4.78, 5) is 6.21. The van der Waals surface area contributed by atoms with Gasteiger partial charge < -0.3 is 16.0 Å². The highest BCUT2D eigenvalue weighted by Crippen LogP contribution is 2.20. The monoisotopic (exact) mass is 240 g/mol. The van der Waals surface area contributed by atoms with Crippen molar-refractivity contribution in [2.24, 2.45) is 0 Å². The Morgan fingerprint density at radius 3 is 3.12 bits per heavy atom. The van der Waals surface area contributed by atoms with Gasteiger partial charge in [0, 0.05) is 30.5 Å². The number of anilines is 2. The van der Waals surface area contributed by atoms with E-state index >= 15 is 0 Å². The standard InChI is InChI=1S/C11H17ClN4/c1-16-5-3-10(9(12)7-16)15-8-2-4-14-11(13)6-8/h2,4,6,9-10H,3,5,7H2,1H3,(H3,13,14,15). The van der Waals surface area contributed by atoms with E-state index in [1.165, 1.54) is 0 Å². The lowest BCUT2D eigenvalue weighted by atomic mass is 10.0. The van der Waals surface area contributed by atoms with Crippen LogP contribution in [0.5, 0.6) is 0 Å². The number of piperidine rings is 1. The Hall–Kier alpha value is -1.00. The molecule has 2 heterocycles. The van der Waals surface area contributed by atoms with E-state index in [-0.39, 0.29) is 5.38 Å². The molecule has 1 fully saturated rings. The lowest BCUT2D eigenvalue weighted by molar-refractivity contribution is 0.268. The molecule has 1 aromatic heterocycles. The van der Waals surface area contributed by atoms with Gasteiger partial charge in [-0.1, -0.05) is 0 Å². The molecule has 0 radical (unpaired) electrons. The lowest BCUT2D eigenvalue weighted by Crippen LogP contribution is -2.45. The third-order valence-electron chi connectivity index (χ3n) is 2.88. The normalized spacial score (nSPS) is 26.6. The Labute approximate surface area is 101 Å². The van der Waals surface area contributed by atoms with E-state index in [0.717, 1.165) is 25.2 Å². The van der Waals surface area contributed by atoms with Crippen molar-refractivity contribution in [2.45, 2.75) is 17.8 Å². The van der Waals surface area contributed by atoms with Crippen LogP contribution in [0.4, 0.5) is 11.5 Å². The summed E-state index contributed by atoms with van der Waals surface area (Å²) in [5.74, 6) is 0.532. The molecule has 16 heavy (non-hydrogen) atoms. The number of nitrogens with two attached hydrogens (primary N) is 1. The van der Waals surface area contributed by atoms with Gasteiger partial charge in [0.1, 0.15) is 5.82 Å². The maximum absolute atomic E-state index is 6.32. The van der Waals surface area contributed by atoms with E-state index in [9.17, 15) is 0 Å². The van der Waals surface area contributed by atoms with Crippen molar-refractivity contribution in [2.75, 3.05) is 31.2 Å². The van der Waals surface area contributed by atoms with Crippen LogP contribution < -0.4 is 11.1 Å². The maximum atomic E-state index is 6.32. The molecule has 1 saturated heterocycles. The number of hydrogen-bond donors (Lipinski definition) is 2. The summed E-state index contributed by atoms with van der Waals surface area (Å²) in [5, 5.41) is 3.55. The summed E-state index contributed by atoms with van der Waals surface area (Å²) in [6.45, 7) is 1.99.